The van der Waals surface area contributed by atoms with E-state index in [-0.39, 0.29) is 14.1 Å². The van der Waals surface area contributed by atoms with Gasteiger partial charge in [0.15, 0.2) is 11.5 Å². The van der Waals surface area contributed by atoms with Crippen LogP contribution in [0.25, 0.3) is 11.1 Å². The van der Waals surface area contributed by atoms with E-state index in [2.05, 4.69) is 24.4 Å². The molecule has 1 saturated carbocycles. The van der Waals surface area contributed by atoms with Gasteiger partial charge < -0.3 is 19.5 Å². The monoisotopic (exact) mass is 403 g/mol. The minimum absolute atomic E-state index is 0. The lowest BCUT2D eigenvalue weighted by Gasteiger charge is -2.18. The van der Waals surface area contributed by atoms with Crippen molar-refractivity contribution >= 4 is 11.6 Å². The highest BCUT2D eigenvalue weighted by Crippen LogP contribution is 2.51. The Bertz CT molecular complexity index is 1140. The molecule has 5 rings (SSSR count). The molecule has 3 aromatic rings. The number of carbonyl (C=O) groups is 1. The summed E-state index contributed by atoms with van der Waals surface area (Å²) in [5.74, 6) is 2.22. The molecule has 5 nitrogen and oxygen atoms in total. The summed E-state index contributed by atoms with van der Waals surface area (Å²) < 4.78 is 16.5. The maximum absolute atomic E-state index is 13.3. The number of anilines is 1. The highest BCUT2D eigenvalue weighted by atomic mass is 16.7. The molecular weight excluding hydrogens is 378 g/mol. The fraction of sp³-hybridized carbons (Fsp3) is 0.240. The maximum atomic E-state index is 13.3. The number of rotatable bonds is 5. The number of hydrogen-bond acceptors (Lipinski definition) is 4. The normalized spacial score (nSPS) is 15.5. The summed E-state index contributed by atoms with van der Waals surface area (Å²) in [6.45, 7) is 2.30. The number of hydrogen-bond donors (Lipinski definition) is 1. The zero-order valence-corrected chi connectivity index (χ0v) is 17.0. The van der Waals surface area contributed by atoms with Crippen molar-refractivity contribution in [2.24, 2.45) is 0 Å². The topological polar surface area (TPSA) is 56.8 Å². The second kappa shape index (κ2) is 7.10. The van der Waals surface area contributed by atoms with Crippen molar-refractivity contribution in [3.05, 3.63) is 71.8 Å². The van der Waals surface area contributed by atoms with E-state index in [0.29, 0.717) is 5.75 Å². The minimum Gasteiger partial charge on any atom is -0.496 e. The molecule has 154 valence electrons. The molecule has 1 aliphatic carbocycles. The van der Waals surface area contributed by atoms with E-state index in [1.165, 1.54) is 0 Å². The van der Waals surface area contributed by atoms with Crippen molar-refractivity contribution in [2.75, 3.05) is 19.2 Å². The lowest BCUT2D eigenvalue weighted by molar-refractivity contribution is -0.118. The molecule has 0 bridgehead atoms. The first kappa shape index (κ1) is 18.6. The Morgan fingerprint density at radius 2 is 1.80 bits per heavy atom. The van der Waals surface area contributed by atoms with Crippen LogP contribution < -0.4 is 19.5 Å². The van der Waals surface area contributed by atoms with E-state index in [9.17, 15) is 4.79 Å². The Balaban J connectivity index is 0.00000231. The molecule has 0 atom stereocenters. The van der Waals surface area contributed by atoms with Gasteiger partial charge in [0, 0.05) is 12.7 Å². The van der Waals surface area contributed by atoms with Gasteiger partial charge in [-0.1, -0.05) is 30.3 Å². The molecule has 0 saturated heterocycles. The van der Waals surface area contributed by atoms with Gasteiger partial charge >= 0.3 is 0 Å². The number of benzene rings is 3. The summed E-state index contributed by atoms with van der Waals surface area (Å²) >= 11 is 0. The molecule has 1 N–H and O–H groups in total. The summed E-state index contributed by atoms with van der Waals surface area (Å²) in [5.41, 5.74) is 4.41. The summed E-state index contributed by atoms with van der Waals surface area (Å²) in [4.78, 5) is 13.3. The van der Waals surface area contributed by atoms with E-state index in [4.69, 9.17) is 14.2 Å². The van der Waals surface area contributed by atoms with Crippen LogP contribution in [-0.2, 0) is 10.2 Å². The lowest BCUT2D eigenvalue weighted by atomic mass is 9.94. The highest BCUT2D eigenvalue weighted by Gasteiger charge is 2.51. The van der Waals surface area contributed by atoms with Gasteiger partial charge in [0.25, 0.3) is 0 Å². The van der Waals surface area contributed by atoms with Gasteiger partial charge in [-0.3, -0.25) is 4.79 Å². The number of nitrogens with one attached hydrogen (secondary N) is 1. The summed E-state index contributed by atoms with van der Waals surface area (Å²) in [5, 5.41) is 3.13. The second-order valence-electron chi connectivity index (χ2n) is 7.83. The van der Waals surface area contributed by atoms with Gasteiger partial charge in [-0.05, 0) is 66.8 Å². The Morgan fingerprint density at radius 1 is 1.00 bits per heavy atom. The molecule has 30 heavy (non-hydrogen) atoms. The number of methoxy groups -OCH3 is 1. The molecule has 1 aliphatic heterocycles. The molecule has 2 aliphatic rings. The summed E-state index contributed by atoms with van der Waals surface area (Å²) in [6.07, 6.45) is 1.64. The van der Waals surface area contributed by atoms with Crippen LogP contribution in [0.2, 0.25) is 0 Å². The predicted molar refractivity (Wildman–Crippen MR) is 117 cm³/mol. The average molecular weight is 403 g/mol. The van der Waals surface area contributed by atoms with Crippen molar-refractivity contribution < 1.29 is 20.4 Å². The van der Waals surface area contributed by atoms with E-state index in [1.807, 2.05) is 48.5 Å². The zero-order valence-electron chi connectivity index (χ0n) is 17.0. The van der Waals surface area contributed by atoms with Crippen molar-refractivity contribution in [1.29, 1.82) is 0 Å². The highest BCUT2D eigenvalue weighted by molar-refractivity contribution is 6.02. The third-order valence-corrected chi connectivity index (χ3v) is 6.00. The van der Waals surface area contributed by atoms with Crippen LogP contribution in [0.1, 0.15) is 25.4 Å². The first-order valence-electron chi connectivity index (χ1n) is 10.1. The largest absolute Gasteiger partial charge is 0.496 e. The van der Waals surface area contributed by atoms with Crippen LogP contribution >= 0.6 is 0 Å². The third kappa shape index (κ3) is 3.07. The standard InChI is InChI=1S/C25H23NO4.H2/c1-16-5-3-4-6-19(16)20-14-18(8-10-21(20)28-2)26-24(27)25(11-12-25)17-7-9-22-23(13-17)30-15-29-22;/h3-10,13-14H,11-12,15H2,1-2H3,(H,26,27);1H. The van der Waals surface area contributed by atoms with Crippen molar-refractivity contribution in [2.45, 2.75) is 25.2 Å². The van der Waals surface area contributed by atoms with Crippen LogP contribution in [-0.4, -0.2) is 19.8 Å². The molecule has 0 unspecified atom stereocenters. The fourth-order valence-corrected chi connectivity index (χ4v) is 4.09. The maximum Gasteiger partial charge on any atom is 0.235 e. The molecule has 0 spiro atoms. The molecule has 1 heterocycles. The third-order valence-electron chi connectivity index (χ3n) is 6.00. The lowest BCUT2D eigenvalue weighted by Crippen LogP contribution is -2.27. The Hall–Kier alpha value is -3.47. The van der Waals surface area contributed by atoms with Crippen LogP contribution in [0.15, 0.2) is 60.7 Å². The Morgan fingerprint density at radius 3 is 2.57 bits per heavy atom. The number of amides is 1. The zero-order chi connectivity index (χ0) is 20.7. The first-order valence-corrected chi connectivity index (χ1v) is 10.1. The Kier molecular flexibility index (Phi) is 4.39. The quantitative estimate of drug-likeness (QED) is 0.627. The van der Waals surface area contributed by atoms with Gasteiger partial charge in [0.1, 0.15) is 5.75 Å². The summed E-state index contributed by atoms with van der Waals surface area (Å²) in [6, 6.07) is 19.7. The predicted octanol–water partition coefficient (Wildman–Crippen LogP) is 5.32. The Labute approximate surface area is 177 Å². The number of fused-ring (bicyclic) bond motifs is 1. The fourth-order valence-electron chi connectivity index (χ4n) is 4.09. The molecular formula is C25H25NO4. The van der Waals surface area contributed by atoms with Gasteiger partial charge in [0.05, 0.1) is 12.5 Å². The molecule has 0 aromatic heterocycles. The molecule has 3 aromatic carbocycles. The molecule has 1 amide bonds. The van der Waals surface area contributed by atoms with Crippen LogP contribution in [0.4, 0.5) is 5.69 Å². The summed E-state index contributed by atoms with van der Waals surface area (Å²) in [7, 11) is 1.66. The smallest absolute Gasteiger partial charge is 0.235 e. The van der Waals surface area contributed by atoms with E-state index in [0.717, 1.165) is 52.3 Å². The number of aryl methyl sites for hydroxylation is 1. The number of ether oxygens (including phenoxy) is 3. The van der Waals surface area contributed by atoms with Gasteiger partial charge in [0.2, 0.25) is 12.7 Å². The first-order chi connectivity index (χ1) is 14.6. The second-order valence-corrected chi connectivity index (χ2v) is 7.83. The molecule has 0 radical (unpaired) electrons. The van der Waals surface area contributed by atoms with Crippen molar-refractivity contribution in [1.82, 2.24) is 0 Å². The number of carbonyl (C=O) groups excluding carboxylic acids is 1. The SMILES string of the molecule is COc1ccc(NC(=O)C2(c3ccc4c(c3)OCO4)CC2)cc1-c1ccccc1C.[HH]. The van der Waals surface area contributed by atoms with Gasteiger partial charge in [-0.15, -0.1) is 0 Å². The van der Waals surface area contributed by atoms with E-state index < -0.39 is 5.41 Å². The van der Waals surface area contributed by atoms with Crippen LogP contribution in [0, 0.1) is 6.92 Å². The van der Waals surface area contributed by atoms with Crippen LogP contribution in [0.3, 0.4) is 0 Å². The van der Waals surface area contributed by atoms with Crippen molar-refractivity contribution in [3.63, 3.8) is 0 Å². The van der Waals surface area contributed by atoms with E-state index in [1.54, 1.807) is 7.11 Å². The minimum atomic E-state index is -0.510. The van der Waals surface area contributed by atoms with Gasteiger partial charge in [-0.25, -0.2) is 0 Å². The molecule has 5 heteroatoms. The molecule has 1 fully saturated rings. The van der Waals surface area contributed by atoms with E-state index >= 15 is 0 Å². The van der Waals surface area contributed by atoms with Crippen molar-refractivity contribution in [3.8, 4) is 28.4 Å². The average Bonchev–Trinajstić information content (AvgIpc) is 3.45. The van der Waals surface area contributed by atoms with Crippen LogP contribution in [0.5, 0.6) is 17.2 Å². The van der Waals surface area contributed by atoms with Gasteiger partial charge in [-0.2, -0.15) is 0 Å².